The second kappa shape index (κ2) is 5.16. The standard InChI is InChI=1S/C13H15N5OS/c1-17(2)12(19)11-16-10-9(20-11)5-3-8-18(10)13-14-6-4-7-15-13/h4,6-7H,3,5,8H2,1-2H3. The zero-order valence-corrected chi connectivity index (χ0v) is 12.2. The van der Waals surface area contributed by atoms with Crippen molar-refractivity contribution in [1.29, 1.82) is 0 Å². The molecule has 0 radical (unpaired) electrons. The number of aryl methyl sites for hydroxylation is 1. The summed E-state index contributed by atoms with van der Waals surface area (Å²) in [5, 5.41) is 0.530. The molecular weight excluding hydrogens is 274 g/mol. The summed E-state index contributed by atoms with van der Waals surface area (Å²) in [5.41, 5.74) is 0. The number of carbonyl (C=O) groups excluding carboxylic acids is 1. The maximum atomic E-state index is 12.0. The van der Waals surface area contributed by atoms with E-state index in [9.17, 15) is 4.79 Å². The SMILES string of the molecule is CN(C)C(=O)c1nc2c(s1)CCCN2c1ncccn1. The van der Waals surface area contributed by atoms with Crippen molar-refractivity contribution < 1.29 is 4.79 Å². The predicted molar refractivity (Wildman–Crippen MR) is 77.5 cm³/mol. The van der Waals surface area contributed by atoms with Gasteiger partial charge in [0.2, 0.25) is 5.95 Å². The van der Waals surface area contributed by atoms with Crippen molar-refractivity contribution in [3.05, 3.63) is 28.3 Å². The second-order valence-electron chi connectivity index (χ2n) is 4.77. The van der Waals surface area contributed by atoms with Crippen LogP contribution in [0.25, 0.3) is 0 Å². The van der Waals surface area contributed by atoms with E-state index in [2.05, 4.69) is 15.0 Å². The highest BCUT2D eigenvalue weighted by molar-refractivity contribution is 7.14. The zero-order chi connectivity index (χ0) is 14.1. The fourth-order valence-electron chi connectivity index (χ4n) is 2.13. The van der Waals surface area contributed by atoms with E-state index in [0.717, 1.165) is 30.1 Å². The smallest absolute Gasteiger partial charge is 0.282 e. The van der Waals surface area contributed by atoms with Gasteiger partial charge in [-0.2, -0.15) is 0 Å². The van der Waals surface area contributed by atoms with Crippen LogP contribution in [0.5, 0.6) is 0 Å². The Morgan fingerprint density at radius 1 is 1.35 bits per heavy atom. The molecule has 1 amide bonds. The van der Waals surface area contributed by atoms with Crippen LogP contribution in [0.1, 0.15) is 21.1 Å². The minimum Gasteiger partial charge on any atom is -0.343 e. The van der Waals surface area contributed by atoms with E-state index in [1.165, 1.54) is 11.3 Å². The van der Waals surface area contributed by atoms with Crippen LogP contribution in [0.3, 0.4) is 0 Å². The third kappa shape index (κ3) is 2.24. The average Bonchev–Trinajstić information content (AvgIpc) is 2.91. The molecule has 1 aliphatic heterocycles. The summed E-state index contributed by atoms with van der Waals surface area (Å²) in [4.78, 5) is 29.8. The second-order valence-corrected chi connectivity index (χ2v) is 5.85. The lowest BCUT2D eigenvalue weighted by molar-refractivity contribution is 0.0827. The number of carbonyl (C=O) groups is 1. The average molecular weight is 289 g/mol. The van der Waals surface area contributed by atoms with E-state index in [1.807, 2.05) is 4.90 Å². The first-order chi connectivity index (χ1) is 9.66. The molecule has 0 aliphatic carbocycles. The Morgan fingerprint density at radius 3 is 2.80 bits per heavy atom. The number of anilines is 2. The minimum absolute atomic E-state index is 0.0571. The molecule has 104 valence electrons. The van der Waals surface area contributed by atoms with Crippen molar-refractivity contribution in [3.8, 4) is 0 Å². The van der Waals surface area contributed by atoms with Gasteiger partial charge >= 0.3 is 0 Å². The van der Waals surface area contributed by atoms with E-state index < -0.39 is 0 Å². The van der Waals surface area contributed by atoms with Crippen LogP contribution in [0.15, 0.2) is 18.5 Å². The molecule has 0 spiro atoms. The van der Waals surface area contributed by atoms with Gasteiger partial charge in [-0.15, -0.1) is 11.3 Å². The lowest BCUT2D eigenvalue weighted by Crippen LogP contribution is -2.26. The van der Waals surface area contributed by atoms with Gasteiger partial charge < -0.3 is 4.90 Å². The monoisotopic (exact) mass is 289 g/mol. The Balaban J connectivity index is 1.99. The molecule has 3 heterocycles. The lowest BCUT2D eigenvalue weighted by atomic mass is 10.2. The van der Waals surface area contributed by atoms with E-state index in [-0.39, 0.29) is 5.91 Å². The van der Waals surface area contributed by atoms with Crippen molar-refractivity contribution >= 4 is 29.0 Å². The van der Waals surface area contributed by atoms with Crippen LogP contribution in [0.2, 0.25) is 0 Å². The number of rotatable bonds is 2. The van der Waals surface area contributed by atoms with E-state index in [4.69, 9.17) is 0 Å². The molecule has 1 aliphatic rings. The highest BCUT2D eigenvalue weighted by Gasteiger charge is 2.26. The molecule has 0 bridgehead atoms. The Kier molecular flexibility index (Phi) is 3.35. The fraction of sp³-hybridized carbons (Fsp3) is 0.385. The number of thiazole rings is 1. The molecule has 3 rings (SSSR count). The highest BCUT2D eigenvalue weighted by atomic mass is 32.1. The Labute approximate surface area is 121 Å². The normalized spacial score (nSPS) is 14.0. The summed E-state index contributed by atoms with van der Waals surface area (Å²) >= 11 is 1.47. The lowest BCUT2D eigenvalue weighted by Gasteiger charge is -2.25. The summed E-state index contributed by atoms with van der Waals surface area (Å²) in [7, 11) is 3.47. The number of aromatic nitrogens is 3. The van der Waals surface area contributed by atoms with Gasteiger partial charge in [0.1, 0.15) is 0 Å². The molecule has 0 aromatic carbocycles. The van der Waals surface area contributed by atoms with Crippen LogP contribution in [0.4, 0.5) is 11.8 Å². The molecule has 0 atom stereocenters. The molecule has 20 heavy (non-hydrogen) atoms. The van der Waals surface area contributed by atoms with Gasteiger partial charge in [-0.3, -0.25) is 9.69 Å². The topological polar surface area (TPSA) is 62.2 Å². The maximum Gasteiger partial charge on any atom is 0.282 e. The first kappa shape index (κ1) is 13.0. The third-order valence-electron chi connectivity index (χ3n) is 3.10. The molecule has 0 saturated heterocycles. The van der Waals surface area contributed by atoms with Gasteiger partial charge in [0.25, 0.3) is 5.91 Å². The molecule has 7 heteroatoms. The van der Waals surface area contributed by atoms with Gasteiger partial charge in [-0.1, -0.05) is 0 Å². The van der Waals surface area contributed by atoms with Gasteiger partial charge in [0, 0.05) is 37.9 Å². The molecule has 2 aromatic rings. The third-order valence-corrected chi connectivity index (χ3v) is 4.19. The molecule has 0 unspecified atom stereocenters. The Morgan fingerprint density at radius 2 is 2.10 bits per heavy atom. The van der Waals surface area contributed by atoms with Crippen LogP contribution >= 0.6 is 11.3 Å². The number of hydrogen-bond donors (Lipinski definition) is 0. The van der Waals surface area contributed by atoms with Crippen LogP contribution in [-0.4, -0.2) is 46.4 Å². The first-order valence-corrected chi connectivity index (χ1v) is 7.24. The van der Waals surface area contributed by atoms with E-state index in [0.29, 0.717) is 11.0 Å². The minimum atomic E-state index is -0.0571. The molecule has 0 N–H and O–H groups in total. The highest BCUT2D eigenvalue weighted by Crippen LogP contribution is 2.35. The van der Waals surface area contributed by atoms with Gasteiger partial charge in [0.05, 0.1) is 0 Å². The van der Waals surface area contributed by atoms with Crippen molar-refractivity contribution in [2.45, 2.75) is 12.8 Å². The largest absolute Gasteiger partial charge is 0.343 e. The van der Waals surface area contributed by atoms with Crippen molar-refractivity contribution in [2.75, 3.05) is 25.5 Å². The predicted octanol–water partition coefficient (Wildman–Crippen LogP) is 1.72. The summed E-state index contributed by atoms with van der Waals surface area (Å²) in [5.74, 6) is 1.42. The van der Waals surface area contributed by atoms with E-state index in [1.54, 1.807) is 37.5 Å². The molecule has 0 fully saturated rings. The van der Waals surface area contributed by atoms with Gasteiger partial charge in [-0.25, -0.2) is 15.0 Å². The maximum absolute atomic E-state index is 12.0. The number of amides is 1. The number of nitrogens with zero attached hydrogens (tertiary/aromatic N) is 5. The summed E-state index contributed by atoms with van der Waals surface area (Å²) in [6.07, 6.45) is 5.41. The summed E-state index contributed by atoms with van der Waals surface area (Å²) in [6, 6.07) is 1.79. The van der Waals surface area contributed by atoms with Crippen molar-refractivity contribution in [1.82, 2.24) is 19.9 Å². The quantitative estimate of drug-likeness (QED) is 0.842. The zero-order valence-electron chi connectivity index (χ0n) is 11.4. The van der Waals surface area contributed by atoms with Crippen molar-refractivity contribution in [3.63, 3.8) is 0 Å². The number of hydrogen-bond acceptors (Lipinski definition) is 6. The molecule has 0 saturated carbocycles. The van der Waals surface area contributed by atoms with Gasteiger partial charge in [0.15, 0.2) is 10.8 Å². The van der Waals surface area contributed by atoms with Crippen LogP contribution in [-0.2, 0) is 6.42 Å². The van der Waals surface area contributed by atoms with Crippen molar-refractivity contribution in [2.24, 2.45) is 0 Å². The fourth-order valence-corrected chi connectivity index (χ4v) is 3.26. The first-order valence-electron chi connectivity index (χ1n) is 6.42. The van der Waals surface area contributed by atoms with Crippen LogP contribution < -0.4 is 4.90 Å². The molecular formula is C13H15N5OS. The van der Waals surface area contributed by atoms with E-state index >= 15 is 0 Å². The van der Waals surface area contributed by atoms with Crippen LogP contribution in [0, 0.1) is 0 Å². The summed E-state index contributed by atoms with van der Waals surface area (Å²) < 4.78 is 0. The van der Waals surface area contributed by atoms with Gasteiger partial charge in [-0.05, 0) is 18.9 Å². The summed E-state index contributed by atoms with van der Waals surface area (Å²) in [6.45, 7) is 0.830. The Hall–Kier alpha value is -2.02. The molecule has 6 nitrogen and oxygen atoms in total. The molecule has 2 aromatic heterocycles. The Bertz CT molecular complexity index is 625. The number of fused-ring (bicyclic) bond motifs is 1.